The van der Waals surface area contributed by atoms with Crippen molar-refractivity contribution >= 4 is 5.91 Å². The Morgan fingerprint density at radius 1 is 1.56 bits per heavy atom. The van der Waals surface area contributed by atoms with E-state index in [9.17, 15) is 4.79 Å². The molecule has 0 aromatic rings. The van der Waals surface area contributed by atoms with Crippen molar-refractivity contribution in [3.05, 3.63) is 0 Å². The van der Waals surface area contributed by atoms with Crippen LogP contribution in [-0.2, 0) is 9.53 Å². The number of likely N-dealkylation sites (tertiary alicyclic amines) is 1. The minimum atomic E-state index is 0.140. The van der Waals surface area contributed by atoms with Gasteiger partial charge in [0.2, 0.25) is 5.91 Å². The molecular formula is C13H25N3O2. The first-order valence-corrected chi connectivity index (χ1v) is 7.11. The molecule has 0 radical (unpaired) electrons. The molecule has 5 heteroatoms. The zero-order chi connectivity index (χ0) is 12.8. The predicted molar refractivity (Wildman–Crippen MR) is 70.5 cm³/mol. The molecule has 2 N–H and O–H groups in total. The number of carbonyl (C=O) groups is 1. The number of rotatable bonds is 5. The van der Waals surface area contributed by atoms with Gasteiger partial charge in [0.15, 0.2) is 0 Å². The number of hydrogen-bond donors (Lipinski definition) is 2. The van der Waals surface area contributed by atoms with E-state index in [0.717, 1.165) is 26.2 Å². The molecule has 2 rings (SSSR count). The SMILES string of the molecule is CCN1CCCC1CNC(=O)CC1COCCN1. The zero-order valence-electron chi connectivity index (χ0n) is 11.3. The monoisotopic (exact) mass is 255 g/mol. The molecule has 1 amide bonds. The topological polar surface area (TPSA) is 53.6 Å². The third-order valence-corrected chi connectivity index (χ3v) is 3.87. The number of amides is 1. The Morgan fingerprint density at radius 3 is 3.17 bits per heavy atom. The normalized spacial score (nSPS) is 29.4. The molecule has 2 heterocycles. The number of nitrogens with one attached hydrogen (secondary N) is 2. The van der Waals surface area contributed by atoms with Crippen LogP contribution in [0.25, 0.3) is 0 Å². The number of ether oxygens (including phenoxy) is 1. The van der Waals surface area contributed by atoms with E-state index in [-0.39, 0.29) is 11.9 Å². The second-order valence-electron chi connectivity index (χ2n) is 5.16. The first kappa shape index (κ1) is 13.8. The Morgan fingerprint density at radius 2 is 2.44 bits per heavy atom. The largest absolute Gasteiger partial charge is 0.378 e. The van der Waals surface area contributed by atoms with Gasteiger partial charge in [-0.3, -0.25) is 9.69 Å². The lowest BCUT2D eigenvalue weighted by molar-refractivity contribution is -0.122. The molecule has 0 aromatic heterocycles. The fraction of sp³-hybridized carbons (Fsp3) is 0.923. The van der Waals surface area contributed by atoms with Crippen LogP contribution in [0.3, 0.4) is 0 Å². The summed E-state index contributed by atoms with van der Waals surface area (Å²) in [6, 6.07) is 0.721. The van der Waals surface area contributed by atoms with Gasteiger partial charge in [0.05, 0.1) is 13.2 Å². The number of nitrogens with zero attached hydrogens (tertiary/aromatic N) is 1. The fourth-order valence-corrected chi connectivity index (χ4v) is 2.82. The van der Waals surface area contributed by atoms with Crippen molar-refractivity contribution in [1.82, 2.24) is 15.5 Å². The second-order valence-corrected chi connectivity index (χ2v) is 5.16. The molecule has 2 atom stereocenters. The summed E-state index contributed by atoms with van der Waals surface area (Å²) < 4.78 is 5.34. The van der Waals surface area contributed by atoms with Gasteiger partial charge in [0.1, 0.15) is 0 Å². The highest BCUT2D eigenvalue weighted by molar-refractivity contribution is 5.76. The van der Waals surface area contributed by atoms with E-state index in [1.165, 1.54) is 19.4 Å². The maximum absolute atomic E-state index is 11.8. The van der Waals surface area contributed by atoms with Gasteiger partial charge < -0.3 is 15.4 Å². The Kier molecular flexibility index (Phi) is 5.41. The Labute approximate surface area is 109 Å². The van der Waals surface area contributed by atoms with Gasteiger partial charge in [-0.1, -0.05) is 6.92 Å². The van der Waals surface area contributed by atoms with Crippen LogP contribution in [0.15, 0.2) is 0 Å². The van der Waals surface area contributed by atoms with E-state index in [0.29, 0.717) is 19.1 Å². The minimum absolute atomic E-state index is 0.140. The third-order valence-electron chi connectivity index (χ3n) is 3.87. The first-order valence-electron chi connectivity index (χ1n) is 7.11. The van der Waals surface area contributed by atoms with Gasteiger partial charge in [-0.05, 0) is 25.9 Å². The Balaban J connectivity index is 1.64. The summed E-state index contributed by atoms with van der Waals surface area (Å²) in [5.74, 6) is 0.140. The average molecular weight is 255 g/mol. The van der Waals surface area contributed by atoms with Crippen LogP contribution in [0, 0.1) is 0 Å². The van der Waals surface area contributed by atoms with Gasteiger partial charge in [-0.2, -0.15) is 0 Å². The molecule has 18 heavy (non-hydrogen) atoms. The number of likely N-dealkylation sites (N-methyl/N-ethyl adjacent to an activating group) is 1. The number of carbonyl (C=O) groups excluding carboxylic acids is 1. The Hall–Kier alpha value is -0.650. The van der Waals surface area contributed by atoms with Gasteiger partial charge in [0.25, 0.3) is 0 Å². The predicted octanol–water partition coefficient (Wildman–Crippen LogP) is -0.0346. The van der Waals surface area contributed by atoms with Gasteiger partial charge in [-0.25, -0.2) is 0 Å². The average Bonchev–Trinajstić information content (AvgIpc) is 2.85. The van der Waals surface area contributed by atoms with Crippen LogP contribution >= 0.6 is 0 Å². The first-order chi connectivity index (χ1) is 8.79. The lowest BCUT2D eigenvalue weighted by atomic mass is 10.1. The van der Waals surface area contributed by atoms with Crippen molar-refractivity contribution < 1.29 is 9.53 Å². The van der Waals surface area contributed by atoms with Crippen molar-refractivity contribution in [2.45, 2.75) is 38.3 Å². The van der Waals surface area contributed by atoms with Crippen LogP contribution in [0.2, 0.25) is 0 Å². The minimum Gasteiger partial charge on any atom is -0.378 e. The van der Waals surface area contributed by atoms with E-state index in [4.69, 9.17) is 4.74 Å². The smallest absolute Gasteiger partial charge is 0.221 e. The molecule has 2 unspecified atom stereocenters. The highest BCUT2D eigenvalue weighted by Crippen LogP contribution is 2.15. The molecule has 2 fully saturated rings. The fourth-order valence-electron chi connectivity index (χ4n) is 2.82. The number of hydrogen-bond acceptors (Lipinski definition) is 4. The molecule has 0 bridgehead atoms. The highest BCUT2D eigenvalue weighted by atomic mass is 16.5. The quantitative estimate of drug-likeness (QED) is 0.724. The summed E-state index contributed by atoms with van der Waals surface area (Å²) in [6.07, 6.45) is 2.99. The molecule has 104 valence electrons. The summed E-state index contributed by atoms with van der Waals surface area (Å²) >= 11 is 0. The maximum atomic E-state index is 11.8. The van der Waals surface area contributed by atoms with Crippen LogP contribution in [0.4, 0.5) is 0 Å². The molecule has 0 spiro atoms. The van der Waals surface area contributed by atoms with Crippen molar-refractivity contribution in [1.29, 1.82) is 0 Å². The molecule has 0 aliphatic carbocycles. The molecule has 2 saturated heterocycles. The standard InChI is InChI=1S/C13H25N3O2/c1-2-16-6-3-4-12(16)9-15-13(17)8-11-10-18-7-5-14-11/h11-12,14H,2-10H2,1H3,(H,15,17). The van der Waals surface area contributed by atoms with E-state index < -0.39 is 0 Å². The molecule has 2 aliphatic heterocycles. The summed E-state index contributed by atoms with van der Waals surface area (Å²) in [5, 5.41) is 6.36. The van der Waals surface area contributed by atoms with Crippen molar-refractivity contribution in [3.63, 3.8) is 0 Å². The summed E-state index contributed by atoms with van der Waals surface area (Å²) in [5.41, 5.74) is 0. The van der Waals surface area contributed by atoms with Gasteiger partial charge in [-0.15, -0.1) is 0 Å². The summed E-state index contributed by atoms with van der Waals surface area (Å²) in [6.45, 7) is 7.49. The lowest BCUT2D eigenvalue weighted by Gasteiger charge is -2.25. The second kappa shape index (κ2) is 7.07. The summed E-state index contributed by atoms with van der Waals surface area (Å²) in [7, 11) is 0. The molecule has 2 aliphatic rings. The van der Waals surface area contributed by atoms with E-state index in [2.05, 4.69) is 22.5 Å². The third kappa shape index (κ3) is 3.93. The van der Waals surface area contributed by atoms with Crippen LogP contribution in [0.1, 0.15) is 26.2 Å². The summed E-state index contributed by atoms with van der Waals surface area (Å²) in [4.78, 5) is 14.3. The molecular weight excluding hydrogens is 230 g/mol. The van der Waals surface area contributed by atoms with Gasteiger partial charge in [0, 0.05) is 31.6 Å². The van der Waals surface area contributed by atoms with E-state index in [1.54, 1.807) is 0 Å². The highest BCUT2D eigenvalue weighted by Gasteiger charge is 2.23. The molecule has 0 aromatic carbocycles. The lowest BCUT2D eigenvalue weighted by Crippen LogP contribution is -2.46. The molecule has 5 nitrogen and oxygen atoms in total. The van der Waals surface area contributed by atoms with E-state index >= 15 is 0 Å². The van der Waals surface area contributed by atoms with Gasteiger partial charge >= 0.3 is 0 Å². The number of morpholine rings is 1. The van der Waals surface area contributed by atoms with E-state index in [1.807, 2.05) is 0 Å². The maximum Gasteiger partial charge on any atom is 0.221 e. The van der Waals surface area contributed by atoms with Crippen LogP contribution < -0.4 is 10.6 Å². The van der Waals surface area contributed by atoms with Crippen LogP contribution in [0.5, 0.6) is 0 Å². The molecule has 0 saturated carbocycles. The zero-order valence-corrected chi connectivity index (χ0v) is 11.3. The van der Waals surface area contributed by atoms with Crippen molar-refractivity contribution in [3.8, 4) is 0 Å². The van der Waals surface area contributed by atoms with Crippen molar-refractivity contribution in [2.75, 3.05) is 39.4 Å². The Bertz CT molecular complexity index is 267. The van der Waals surface area contributed by atoms with Crippen molar-refractivity contribution in [2.24, 2.45) is 0 Å². The van der Waals surface area contributed by atoms with Crippen LogP contribution in [-0.4, -0.2) is 62.3 Å².